The maximum absolute atomic E-state index is 8.47. The average Bonchev–Trinajstić information content (AvgIpc) is 3.11. The Labute approximate surface area is 263 Å². The molecule has 1 aliphatic rings. The van der Waals surface area contributed by atoms with Crippen LogP contribution >= 0.6 is 0 Å². The van der Waals surface area contributed by atoms with Crippen LogP contribution in [0.4, 0.5) is 5.69 Å². The van der Waals surface area contributed by atoms with Crippen LogP contribution in [0.15, 0.2) is 170 Å². The first-order valence-corrected chi connectivity index (χ1v) is 14.7. The highest BCUT2D eigenvalue weighted by Gasteiger charge is 2.18. The lowest BCUT2D eigenvalue weighted by Gasteiger charge is -2.17. The second-order valence-corrected chi connectivity index (χ2v) is 10.7. The Morgan fingerprint density at radius 3 is 1.31 bits per heavy atom. The van der Waals surface area contributed by atoms with Crippen LogP contribution in [0.25, 0.3) is 44.5 Å². The van der Waals surface area contributed by atoms with E-state index in [-0.39, 0.29) is 11.4 Å². The number of aromatic nitrogens is 1. The molecule has 0 spiro atoms. The number of allylic oxidation sites excluding steroid dienone is 4. The fourth-order valence-electron chi connectivity index (χ4n) is 5.21. The molecular weight excluding hydrogens is 548 g/mol. The van der Waals surface area contributed by atoms with Crippen molar-refractivity contribution >= 4 is 28.3 Å². The Bertz CT molecular complexity index is 1970. The molecule has 6 aromatic rings. The maximum Gasteiger partial charge on any atom is 0.0867 e. The van der Waals surface area contributed by atoms with Gasteiger partial charge in [0.2, 0.25) is 0 Å². The molecule has 4 heteroatoms. The Hall–Kier alpha value is -6.13. The summed E-state index contributed by atoms with van der Waals surface area (Å²) in [7, 11) is 0. The number of hydrogen-bond acceptors (Lipinski definition) is 4. The monoisotopic (exact) mass is 580 g/mol. The van der Waals surface area contributed by atoms with Gasteiger partial charge in [0, 0.05) is 23.7 Å². The second kappa shape index (κ2) is 13.4. The van der Waals surface area contributed by atoms with Gasteiger partial charge in [-0.25, -0.2) is 0 Å². The van der Waals surface area contributed by atoms with Crippen LogP contribution in [0.2, 0.25) is 0 Å². The minimum atomic E-state index is 0.233. The van der Waals surface area contributed by atoms with Crippen molar-refractivity contribution in [3.8, 4) is 33.4 Å². The standard InChI is InChI=1S/C30H22N2.C11H10N2/c31-29-20-27(25-13-11-23(12-14-25)21-7-3-1-4-8-21)19-28(30(29)32)26-17-15-24(16-18-26)22-9-5-2-6-10-22;12-11-3-1-9(2-4-11)10-5-7-13-8-6-10/h1-20,31-32H;1-8H,12H2. The Kier molecular flexibility index (Phi) is 8.66. The van der Waals surface area contributed by atoms with Crippen molar-refractivity contribution in [3.63, 3.8) is 0 Å². The number of nitrogens with zero attached hydrogens (tertiary/aromatic N) is 1. The zero-order valence-corrected chi connectivity index (χ0v) is 24.7. The molecule has 1 aromatic heterocycles. The summed E-state index contributed by atoms with van der Waals surface area (Å²) in [4.78, 5) is 3.96. The molecule has 216 valence electrons. The molecule has 0 atom stereocenters. The van der Waals surface area contributed by atoms with Crippen LogP contribution in [-0.4, -0.2) is 16.4 Å². The van der Waals surface area contributed by atoms with Gasteiger partial charge in [-0.1, -0.05) is 121 Å². The third kappa shape index (κ3) is 6.93. The van der Waals surface area contributed by atoms with Gasteiger partial charge in [0.25, 0.3) is 0 Å². The van der Waals surface area contributed by atoms with Gasteiger partial charge in [-0.2, -0.15) is 0 Å². The zero-order chi connectivity index (χ0) is 31.0. The van der Waals surface area contributed by atoms with Gasteiger partial charge >= 0.3 is 0 Å². The molecule has 7 rings (SSSR count). The lowest BCUT2D eigenvalue weighted by molar-refractivity contribution is 1.33. The molecule has 5 aromatic carbocycles. The minimum absolute atomic E-state index is 0.233. The van der Waals surface area contributed by atoms with Crippen LogP contribution in [-0.2, 0) is 0 Å². The van der Waals surface area contributed by atoms with E-state index in [2.05, 4.69) is 65.6 Å². The predicted octanol–water partition coefficient (Wildman–Crippen LogP) is 9.87. The summed E-state index contributed by atoms with van der Waals surface area (Å²) in [5.41, 5.74) is 17.6. The number of nitrogens with two attached hydrogens (primary N) is 1. The Morgan fingerprint density at radius 2 is 0.800 bits per heavy atom. The van der Waals surface area contributed by atoms with Gasteiger partial charge in [-0.3, -0.25) is 15.8 Å². The molecule has 4 N–H and O–H groups in total. The van der Waals surface area contributed by atoms with E-state index in [1.807, 2.05) is 91.0 Å². The normalized spacial score (nSPS) is 12.4. The smallest absolute Gasteiger partial charge is 0.0867 e. The van der Waals surface area contributed by atoms with Gasteiger partial charge in [-0.15, -0.1) is 0 Å². The van der Waals surface area contributed by atoms with Crippen molar-refractivity contribution in [2.45, 2.75) is 0 Å². The molecular formula is C41H32N4. The highest BCUT2D eigenvalue weighted by Crippen LogP contribution is 2.31. The van der Waals surface area contributed by atoms with E-state index < -0.39 is 0 Å². The molecule has 0 saturated carbocycles. The molecule has 0 fully saturated rings. The number of nitrogen functional groups attached to an aromatic ring is 1. The summed E-state index contributed by atoms with van der Waals surface area (Å²) in [6.45, 7) is 0. The molecule has 0 aliphatic heterocycles. The third-order valence-corrected chi connectivity index (χ3v) is 7.69. The van der Waals surface area contributed by atoms with Crippen molar-refractivity contribution in [3.05, 3.63) is 181 Å². The molecule has 45 heavy (non-hydrogen) atoms. The van der Waals surface area contributed by atoms with Crippen LogP contribution in [0.1, 0.15) is 11.1 Å². The summed E-state index contributed by atoms with van der Waals surface area (Å²) in [5.74, 6) is 0. The summed E-state index contributed by atoms with van der Waals surface area (Å²) in [5, 5.41) is 16.8. The number of pyridine rings is 1. The van der Waals surface area contributed by atoms with Crippen molar-refractivity contribution in [2.75, 3.05) is 5.73 Å². The highest BCUT2D eigenvalue weighted by molar-refractivity contribution is 6.61. The maximum atomic E-state index is 8.47. The summed E-state index contributed by atoms with van der Waals surface area (Å²) >= 11 is 0. The van der Waals surface area contributed by atoms with E-state index in [9.17, 15) is 0 Å². The molecule has 0 amide bonds. The van der Waals surface area contributed by atoms with Crippen LogP contribution in [0, 0.1) is 10.8 Å². The molecule has 4 nitrogen and oxygen atoms in total. The van der Waals surface area contributed by atoms with Gasteiger partial charge < -0.3 is 5.73 Å². The average molecular weight is 581 g/mol. The van der Waals surface area contributed by atoms with E-state index in [0.29, 0.717) is 0 Å². The summed E-state index contributed by atoms with van der Waals surface area (Å²) < 4.78 is 0. The third-order valence-electron chi connectivity index (χ3n) is 7.69. The Morgan fingerprint density at radius 1 is 0.400 bits per heavy atom. The zero-order valence-electron chi connectivity index (χ0n) is 24.7. The topological polar surface area (TPSA) is 86.6 Å². The van der Waals surface area contributed by atoms with E-state index in [0.717, 1.165) is 50.2 Å². The van der Waals surface area contributed by atoms with Gasteiger partial charge in [0.05, 0.1) is 11.4 Å². The van der Waals surface area contributed by atoms with Crippen molar-refractivity contribution in [2.24, 2.45) is 0 Å². The number of nitrogens with one attached hydrogen (secondary N) is 2. The van der Waals surface area contributed by atoms with Gasteiger partial charge in [0.1, 0.15) is 0 Å². The van der Waals surface area contributed by atoms with Crippen LogP contribution in [0.5, 0.6) is 0 Å². The number of rotatable bonds is 5. The number of benzene rings is 5. The van der Waals surface area contributed by atoms with Crippen molar-refractivity contribution in [1.82, 2.24) is 4.98 Å². The first-order chi connectivity index (χ1) is 22.0. The summed E-state index contributed by atoms with van der Waals surface area (Å²) in [6.07, 6.45) is 7.37. The largest absolute Gasteiger partial charge is 0.399 e. The quantitative estimate of drug-likeness (QED) is 0.140. The molecule has 0 radical (unpaired) electrons. The number of hydrogen-bond donors (Lipinski definition) is 3. The summed E-state index contributed by atoms with van der Waals surface area (Å²) in [6, 6.07) is 48.9. The van der Waals surface area contributed by atoms with E-state index in [1.54, 1.807) is 18.5 Å². The second-order valence-electron chi connectivity index (χ2n) is 10.7. The lowest BCUT2D eigenvalue weighted by Crippen LogP contribution is -2.15. The van der Waals surface area contributed by atoms with E-state index in [1.165, 1.54) is 11.1 Å². The molecule has 0 bridgehead atoms. The van der Waals surface area contributed by atoms with E-state index in [4.69, 9.17) is 16.6 Å². The van der Waals surface area contributed by atoms with Crippen molar-refractivity contribution in [1.29, 1.82) is 10.8 Å². The van der Waals surface area contributed by atoms with Gasteiger partial charge in [0.15, 0.2) is 0 Å². The van der Waals surface area contributed by atoms with Crippen LogP contribution < -0.4 is 5.73 Å². The highest BCUT2D eigenvalue weighted by atomic mass is 14.6. The molecule has 1 heterocycles. The molecule has 1 aliphatic carbocycles. The lowest BCUT2D eigenvalue weighted by atomic mass is 9.87. The first-order valence-electron chi connectivity index (χ1n) is 14.7. The SMILES string of the molecule is N=C1C=C(c2ccc(-c3ccccc3)cc2)C=C(c2ccc(-c3ccccc3)cc2)C1=N.Nc1ccc(-c2ccncc2)cc1. The predicted molar refractivity (Wildman–Crippen MR) is 189 cm³/mol. The fraction of sp³-hybridized carbons (Fsp3) is 0. The fourth-order valence-corrected chi connectivity index (χ4v) is 5.21. The Balaban J connectivity index is 0.000000229. The number of anilines is 1. The molecule has 0 saturated heterocycles. The first kappa shape index (κ1) is 29.0. The van der Waals surface area contributed by atoms with Gasteiger partial charge in [-0.05, 0) is 86.5 Å². The van der Waals surface area contributed by atoms with E-state index >= 15 is 0 Å². The minimum Gasteiger partial charge on any atom is -0.399 e. The van der Waals surface area contributed by atoms with Crippen molar-refractivity contribution < 1.29 is 0 Å². The van der Waals surface area contributed by atoms with Crippen LogP contribution in [0.3, 0.4) is 0 Å². The molecule has 0 unspecified atom stereocenters.